The molecule has 3 heterocycles. The number of halogens is 1. The molecule has 0 bridgehead atoms. The van der Waals surface area contributed by atoms with Crippen LogP contribution in [0.2, 0.25) is 5.02 Å². The Bertz CT molecular complexity index is 1470. The molecule has 1 saturated carbocycles. The van der Waals surface area contributed by atoms with Gasteiger partial charge >= 0.3 is 6.09 Å². The molecule has 13 heteroatoms. The number of amides is 2. The molecule has 47 heavy (non-hydrogen) atoms. The molecule has 3 fully saturated rings. The number of hydrogen-bond acceptors (Lipinski definition) is 8. The third-order valence-electron chi connectivity index (χ3n) is 9.74. The third-order valence-corrected chi connectivity index (χ3v) is 13.3. The van der Waals surface area contributed by atoms with Gasteiger partial charge in [-0.2, -0.15) is 0 Å². The maximum Gasteiger partial charge on any atom is 0.415 e. The number of rotatable bonds is 11. The number of sulfonamides is 1. The van der Waals surface area contributed by atoms with Crippen LogP contribution in [0, 0.1) is 5.92 Å². The molecule has 2 amide bonds. The first-order chi connectivity index (χ1) is 22.5. The second-order valence-electron chi connectivity index (χ2n) is 13.1. The van der Waals surface area contributed by atoms with Crippen LogP contribution in [0.1, 0.15) is 70.1 Å². The number of hydrogen-bond donors (Lipinski definition) is 1. The largest absolute Gasteiger partial charge is 0.415 e. The lowest BCUT2D eigenvalue weighted by molar-refractivity contribution is -0.146. The van der Waals surface area contributed by atoms with Gasteiger partial charge in [-0.15, -0.1) is 11.3 Å². The fourth-order valence-corrected chi connectivity index (χ4v) is 9.11. The second-order valence-corrected chi connectivity index (χ2v) is 17.1. The lowest BCUT2D eigenvalue weighted by Gasteiger charge is -2.44. The smallest absolute Gasteiger partial charge is 0.409 e. The number of thiophene rings is 1. The minimum Gasteiger partial charge on any atom is -0.409 e. The Labute approximate surface area is 287 Å². The number of piperazine rings is 1. The van der Waals surface area contributed by atoms with Gasteiger partial charge in [-0.1, -0.05) is 49.1 Å². The molecule has 0 unspecified atom stereocenters. The van der Waals surface area contributed by atoms with Crippen LogP contribution in [0.4, 0.5) is 4.79 Å². The van der Waals surface area contributed by atoms with Crippen LogP contribution >= 0.6 is 22.9 Å². The molecule has 10 nitrogen and oxygen atoms in total. The number of carbonyl (C=O) groups is 3. The van der Waals surface area contributed by atoms with Crippen molar-refractivity contribution in [3.8, 4) is 5.75 Å². The van der Waals surface area contributed by atoms with Gasteiger partial charge in [0, 0.05) is 43.5 Å². The maximum atomic E-state index is 14.6. The summed E-state index contributed by atoms with van der Waals surface area (Å²) in [7, 11) is -3.39. The van der Waals surface area contributed by atoms with Crippen molar-refractivity contribution in [3.05, 3.63) is 51.7 Å². The summed E-state index contributed by atoms with van der Waals surface area (Å²) in [6.45, 7) is 4.55. The number of ether oxygens (including phenoxy) is 1. The standard InChI is InChI=1S/C34H47ClN4O6S2/c1-24(2)47(43,44)38-18-16-25(17-19-38)32(36-26-9-4-3-5-10-26)33(41)39-21-20-37(34(42)45-31-13-7-6-12-28(31)35)23-29(39)30(40)15-14-27-11-8-22-46-27/h6-8,11-13,22,24-26,29,32,36H,3-5,9-10,14-21,23H2,1-2H3/t29-,32+/m0/s1. The summed E-state index contributed by atoms with van der Waals surface area (Å²) >= 11 is 7.82. The average molecular weight is 707 g/mol. The molecule has 258 valence electrons. The van der Waals surface area contributed by atoms with Gasteiger partial charge in [0.15, 0.2) is 11.5 Å². The van der Waals surface area contributed by atoms with E-state index in [2.05, 4.69) is 5.32 Å². The Morgan fingerprint density at radius 3 is 2.36 bits per heavy atom. The quantitative estimate of drug-likeness (QED) is 0.335. The third kappa shape index (κ3) is 8.94. The highest BCUT2D eigenvalue weighted by molar-refractivity contribution is 7.89. The minimum absolute atomic E-state index is 0.0273. The Hall–Kier alpha value is -2.51. The summed E-state index contributed by atoms with van der Waals surface area (Å²) in [6, 6.07) is 9.49. The summed E-state index contributed by atoms with van der Waals surface area (Å²) in [5.74, 6) is -0.0838. The zero-order valence-corrected chi connectivity index (χ0v) is 29.7. The number of benzene rings is 1. The van der Waals surface area contributed by atoms with Crippen molar-refractivity contribution in [3.63, 3.8) is 0 Å². The van der Waals surface area contributed by atoms with E-state index in [1.807, 2.05) is 17.5 Å². The summed E-state index contributed by atoms with van der Waals surface area (Å²) in [6.07, 6.45) is 6.64. The first-order valence-electron chi connectivity index (χ1n) is 16.9. The molecule has 5 rings (SSSR count). The van der Waals surface area contributed by atoms with Crippen LogP contribution in [-0.4, -0.2) is 96.4 Å². The number of carbonyl (C=O) groups excluding carboxylic acids is 3. The number of Topliss-reactive ketones (excluding diaryl/α,β-unsaturated/α-hetero) is 1. The normalized spacial score (nSPS) is 21.1. The first-order valence-corrected chi connectivity index (χ1v) is 19.6. The average Bonchev–Trinajstić information content (AvgIpc) is 3.61. The molecule has 2 aliphatic heterocycles. The Morgan fingerprint density at radius 2 is 1.70 bits per heavy atom. The molecular formula is C34H47ClN4O6S2. The number of para-hydroxylation sites is 1. The number of aryl methyl sites for hydroxylation is 1. The van der Waals surface area contributed by atoms with Gasteiger partial charge in [0.05, 0.1) is 22.9 Å². The van der Waals surface area contributed by atoms with E-state index in [1.54, 1.807) is 58.7 Å². The van der Waals surface area contributed by atoms with Gasteiger partial charge in [0.25, 0.3) is 0 Å². The lowest BCUT2D eigenvalue weighted by Crippen LogP contribution is -2.64. The molecule has 2 aromatic rings. The van der Waals surface area contributed by atoms with Crippen molar-refractivity contribution in [2.24, 2.45) is 5.92 Å². The molecule has 1 aromatic carbocycles. The van der Waals surface area contributed by atoms with E-state index in [9.17, 15) is 22.8 Å². The second kappa shape index (κ2) is 16.3. The highest BCUT2D eigenvalue weighted by Crippen LogP contribution is 2.30. The van der Waals surface area contributed by atoms with Crippen LogP contribution in [0.25, 0.3) is 0 Å². The number of ketones is 1. The molecule has 2 saturated heterocycles. The highest BCUT2D eigenvalue weighted by Gasteiger charge is 2.43. The molecule has 1 aromatic heterocycles. The molecule has 2 atom stereocenters. The highest BCUT2D eigenvalue weighted by atomic mass is 35.5. The zero-order chi connectivity index (χ0) is 33.6. The van der Waals surface area contributed by atoms with Crippen molar-refractivity contribution in [2.75, 3.05) is 32.7 Å². The van der Waals surface area contributed by atoms with Gasteiger partial charge in [0.1, 0.15) is 6.04 Å². The molecule has 1 N–H and O–H groups in total. The van der Waals surface area contributed by atoms with Crippen LogP contribution in [0.5, 0.6) is 5.75 Å². The number of piperidine rings is 1. The predicted octanol–water partition coefficient (Wildman–Crippen LogP) is 5.36. The fourth-order valence-electron chi connectivity index (χ4n) is 6.91. The van der Waals surface area contributed by atoms with Crippen LogP contribution in [0.3, 0.4) is 0 Å². The molecule has 3 aliphatic rings. The van der Waals surface area contributed by atoms with Gasteiger partial charge in [-0.05, 0) is 75.4 Å². The maximum absolute atomic E-state index is 14.6. The van der Waals surface area contributed by atoms with E-state index in [0.717, 1.165) is 30.6 Å². The predicted molar refractivity (Wildman–Crippen MR) is 184 cm³/mol. The van der Waals surface area contributed by atoms with Crippen molar-refractivity contribution in [1.29, 1.82) is 0 Å². The summed E-state index contributed by atoms with van der Waals surface area (Å²) in [4.78, 5) is 46.1. The Morgan fingerprint density at radius 1 is 0.979 bits per heavy atom. The van der Waals surface area contributed by atoms with Crippen LogP contribution in [0.15, 0.2) is 41.8 Å². The van der Waals surface area contributed by atoms with Crippen molar-refractivity contribution in [1.82, 2.24) is 19.4 Å². The van der Waals surface area contributed by atoms with Gasteiger partial charge < -0.3 is 19.9 Å². The van der Waals surface area contributed by atoms with Gasteiger partial charge in [-0.3, -0.25) is 9.59 Å². The van der Waals surface area contributed by atoms with E-state index in [1.165, 1.54) is 11.3 Å². The summed E-state index contributed by atoms with van der Waals surface area (Å²) in [5.41, 5.74) is 0. The Kier molecular flexibility index (Phi) is 12.4. The van der Waals surface area contributed by atoms with E-state index >= 15 is 0 Å². The molecule has 1 aliphatic carbocycles. The van der Waals surface area contributed by atoms with Gasteiger partial charge in [0.2, 0.25) is 15.9 Å². The molecule has 0 spiro atoms. The summed E-state index contributed by atoms with van der Waals surface area (Å²) < 4.78 is 32.9. The Balaban J connectivity index is 1.36. The summed E-state index contributed by atoms with van der Waals surface area (Å²) in [5, 5.41) is 5.48. The van der Waals surface area contributed by atoms with Crippen LogP contribution < -0.4 is 10.1 Å². The van der Waals surface area contributed by atoms with Gasteiger partial charge in [-0.25, -0.2) is 17.5 Å². The number of nitrogens with one attached hydrogen (secondary N) is 1. The van der Waals surface area contributed by atoms with E-state index < -0.39 is 33.5 Å². The van der Waals surface area contributed by atoms with Crippen LogP contribution in [-0.2, 0) is 26.0 Å². The van der Waals surface area contributed by atoms with Crippen molar-refractivity contribution >= 4 is 50.7 Å². The van der Waals surface area contributed by atoms with E-state index in [-0.39, 0.29) is 55.5 Å². The van der Waals surface area contributed by atoms with Crippen molar-refractivity contribution < 1.29 is 27.5 Å². The number of nitrogens with zero attached hydrogens (tertiary/aromatic N) is 3. The zero-order valence-electron chi connectivity index (χ0n) is 27.3. The minimum atomic E-state index is -3.39. The topological polar surface area (TPSA) is 116 Å². The van der Waals surface area contributed by atoms with E-state index in [4.69, 9.17) is 16.3 Å². The monoisotopic (exact) mass is 706 g/mol. The molecule has 0 radical (unpaired) electrons. The first kappa shape index (κ1) is 35.8. The van der Waals surface area contributed by atoms with Crippen molar-refractivity contribution in [2.45, 2.75) is 95.0 Å². The van der Waals surface area contributed by atoms with E-state index in [0.29, 0.717) is 37.4 Å². The lowest BCUT2D eigenvalue weighted by atomic mass is 9.86. The SMILES string of the molecule is CC(C)S(=O)(=O)N1CCC([C@@H](NC2CCCCC2)C(=O)N2CCN(C(=O)Oc3ccccc3Cl)C[C@H]2C(=O)CCc2cccs2)CC1. The fraction of sp³-hybridized carbons (Fsp3) is 0.618. The molecular weight excluding hydrogens is 660 g/mol.